The minimum Gasteiger partial charge on any atom is -0.369 e. The van der Waals surface area contributed by atoms with Crippen molar-refractivity contribution in [2.24, 2.45) is 0 Å². The molecule has 0 spiro atoms. The molecule has 1 amide bonds. The lowest BCUT2D eigenvalue weighted by atomic mass is 9.98. The SMILES string of the molecule is CC.Cc1cc(C)c(C(=O)N2CCN(c3cc(F)c(C#N)cc3F)CC2)cc1CN1CCCN(c2ccccc2C#N)CC1. The normalized spacial score (nSPS) is 15.5. The Morgan fingerprint density at radius 1 is 0.750 bits per heavy atom. The molecule has 2 aliphatic heterocycles. The number of nitrogens with zero attached hydrogens (tertiary/aromatic N) is 6. The first kappa shape index (κ1) is 32.4. The second-order valence-electron chi connectivity index (χ2n) is 11.0. The third-order valence-electron chi connectivity index (χ3n) is 8.33. The lowest BCUT2D eigenvalue weighted by Gasteiger charge is -2.36. The van der Waals surface area contributed by atoms with Crippen LogP contribution >= 0.6 is 0 Å². The Kier molecular flexibility index (Phi) is 10.9. The number of hydrogen-bond acceptors (Lipinski definition) is 6. The van der Waals surface area contributed by atoms with Gasteiger partial charge in [-0.1, -0.05) is 32.0 Å². The number of anilines is 2. The standard InChI is InChI=1S/C33H34F2N6O.C2H6/c1-23-16-24(2)28(33(42)41-14-12-40(13-15-41)32-19-29(34)26(21-37)18-30(32)35)17-27(23)22-38-8-5-9-39(11-10-38)31-7-4-3-6-25(31)20-36;1-2/h3-4,6-7,16-19H,5,8-15,22H2,1-2H3;1-2H3. The van der Waals surface area contributed by atoms with E-state index in [1.807, 2.05) is 51.1 Å². The van der Waals surface area contributed by atoms with Crippen molar-refractivity contribution in [3.63, 3.8) is 0 Å². The number of aryl methyl sites for hydroxylation is 2. The molecule has 0 N–H and O–H groups in total. The highest BCUT2D eigenvalue weighted by molar-refractivity contribution is 5.96. The molecule has 3 aromatic carbocycles. The molecule has 2 saturated heterocycles. The first-order valence-electron chi connectivity index (χ1n) is 15.3. The van der Waals surface area contributed by atoms with Crippen LogP contribution in [0, 0.1) is 48.1 Å². The number of hydrogen-bond donors (Lipinski definition) is 0. The summed E-state index contributed by atoms with van der Waals surface area (Å²) >= 11 is 0. The van der Waals surface area contributed by atoms with Gasteiger partial charge in [0, 0.05) is 70.5 Å². The fourth-order valence-corrected chi connectivity index (χ4v) is 5.94. The van der Waals surface area contributed by atoms with Crippen LogP contribution < -0.4 is 9.80 Å². The zero-order valence-electron chi connectivity index (χ0n) is 26.0. The maximum absolute atomic E-state index is 14.6. The minimum atomic E-state index is -0.751. The third-order valence-corrected chi connectivity index (χ3v) is 8.33. The molecule has 0 unspecified atom stereocenters. The van der Waals surface area contributed by atoms with Crippen molar-refractivity contribution < 1.29 is 13.6 Å². The van der Waals surface area contributed by atoms with E-state index in [9.17, 15) is 18.8 Å². The molecule has 2 heterocycles. The van der Waals surface area contributed by atoms with Crippen LogP contribution in [0.1, 0.15) is 58.4 Å². The van der Waals surface area contributed by atoms with Crippen molar-refractivity contribution in [1.82, 2.24) is 9.80 Å². The molecule has 9 heteroatoms. The maximum atomic E-state index is 14.6. The summed E-state index contributed by atoms with van der Waals surface area (Å²) in [4.78, 5) is 21.8. The summed E-state index contributed by atoms with van der Waals surface area (Å²) in [7, 11) is 0. The number of para-hydroxylation sites is 1. The summed E-state index contributed by atoms with van der Waals surface area (Å²) in [5.41, 5.74) is 5.30. The summed E-state index contributed by atoms with van der Waals surface area (Å²) in [6, 6.07) is 17.8. The van der Waals surface area contributed by atoms with Crippen molar-refractivity contribution in [3.8, 4) is 12.1 Å². The molecular formula is C35H40F2N6O. The highest BCUT2D eigenvalue weighted by Crippen LogP contribution is 2.26. The first-order chi connectivity index (χ1) is 21.3. The highest BCUT2D eigenvalue weighted by atomic mass is 19.1. The molecule has 2 fully saturated rings. The molecule has 0 aliphatic carbocycles. The van der Waals surface area contributed by atoms with E-state index in [2.05, 4.69) is 28.9 Å². The summed E-state index contributed by atoms with van der Waals surface area (Å²) in [5, 5.41) is 18.5. The Hall–Kier alpha value is -4.47. The lowest BCUT2D eigenvalue weighted by molar-refractivity contribution is 0.0745. The maximum Gasteiger partial charge on any atom is 0.254 e. The molecule has 2 aliphatic rings. The van der Waals surface area contributed by atoms with Crippen LogP contribution in [0.25, 0.3) is 0 Å². The lowest BCUT2D eigenvalue weighted by Crippen LogP contribution is -2.49. The molecule has 0 bridgehead atoms. The largest absolute Gasteiger partial charge is 0.369 e. The Labute approximate surface area is 259 Å². The molecular weight excluding hydrogens is 558 g/mol. The van der Waals surface area contributed by atoms with Crippen molar-refractivity contribution in [3.05, 3.63) is 93.5 Å². The fraction of sp³-hybridized carbons (Fsp3) is 0.400. The van der Waals surface area contributed by atoms with Gasteiger partial charge in [-0.05, 0) is 61.2 Å². The smallest absolute Gasteiger partial charge is 0.254 e. The van der Waals surface area contributed by atoms with E-state index < -0.39 is 11.6 Å². The predicted molar refractivity (Wildman–Crippen MR) is 170 cm³/mol. The molecule has 5 rings (SSSR count). The van der Waals surface area contributed by atoms with Gasteiger partial charge in [-0.25, -0.2) is 8.78 Å². The van der Waals surface area contributed by atoms with Crippen molar-refractivity contribution in [1.29, 1.82) is 10.5 Å². The van der Waals surface area contributed by atoms with Gasteiger partial charge in [0.25, 0.3) is 5.91 Å². The summed E-state index contributed by atoms with van der Waals surface area (Å²) in [6.07, 6.45) is 0.977. The van der Waals surface area contributed by atoms with E-state index in [1.165, 1.54) is 0 Å². The predicted octanol–water partition coefficient (Wildman–Crippen LogP) is 6.03. The van der Waals surface area contributed by atoms with Crippen molar-refractivity contribution in [2.45, 2.75) is 40.7 Å². The first-order valence-corrected chi connectivity index (χ1v) is 15.3. The number of halogens is 2. The summed E-state index contributed by atoms with van der Waals surface area (Å²) in [5.74, 6) is -1.45. The Balaban J connectivity index is 0.00000216. The van der Waals surface area contributed by atoms with Crippen molar-refractivity contribution >= 4 is 17.3 Å². The number of carbonyl (C=O) groups excluding carboxylic acids is 1. The summed E-state index contributed by atoms with van der Waals surface area (Å²) in [6.45, 7) is 13.7. The van der Waals surface area contributed by atoms with Crippen LogP contribution in [0.2, 0.25) is 0 Å². The third kappa shape index (κ3) is 7.18. The molecule has 7 nitrogen and oxygen atoms in total. The van der Waals surface area contributed by atoms with Gasteiger partial charge >= 0.3 is 0 Å². The van der Waals surface area contributed by atoms with Gasteiger partial charge in [-0.3, -0.25) is 9.69 Å². The van der Waals surface area contributed by atoms with Gasteiger partial charge in [-0.2, -0.15) is 10.5 Å². The number of rotatable bonds is 5. The molecule has 0 atom stereocenters. The van der Waals surface area contributed by atoms with Crippen LogP contribution in [0.4, 0.5) is 20.2 Å². The Morgan fingerprint density at radius 3 is 2.11 bits per heavy atom. The number of carbonyl (C=O) groups is 1. The zero-order valence-corrected chi connectivity index (χ0v) is 26.0. The van der Waals surface area contributed by atoms with E-state index in [-0.39, 0.29) is 17.2 Å². The highest BCUT2D eigenvalue weighted by Gasteiger charge is 2.26. The zero-order chi connectivity index (χ0) is 31.8. The second-order valence-corrected chi connectivity index (χ2v) is 11.0. The van der Waals surface area contributed by atoms with Crippen LogP contribution in [0.3, 0.4) is 0 Å². The minimum absolute atomic E-state index is 0.0602. The van der Waals surface area contributed by atoms with Crippen LogP contribution in [0.15, 0.2) is 48.5 Å². The number of nitriles is 2. The van der Waals surface area contributed by atoms with Gasteiger partial charge in [0.2, 0.25) is 0 Å². The Bertz CT molecular complexity index is 1570. The molecule has 0 saturated carbocycles. The molecule has 3 aromatic rings. The van der Waals surface area contributed by atoms with Gasteiger partial charge in [0.15, 0.2) is 0 Å². The number of amides is 1. The molecule has 230 valence electrons. The quantitative estimate of drug-likeness (QED) is 0.357. The van der Waals surface area contributed by atoms with Crippen LogP contribution in [-0.4, -0.2) is 68.1 Å². The second kappa shape index (κ2) is 14.8. The molecule has 0 aromatic heterocycles. The van der Waals surface area contributed by atoms with Gasteiger partial charge in [-0.15, -0.1) is 0 Å². The summed E-state index contributed by atoms with van der Waals surface area (Å²) < 4.78 is 28.7. The van der Waals surface area contributed by atoms with Gasteiger partial charge < -0.3 is 14.7 Å². The monoisotopic (exact) mass is 598 g/mol. The molecule has 44 heavy (non-hydrogen) atoms. The Morgan fingerprint density at radius 2 is 1.41 bits per heavy atom. The molecule has 0 radical (unpaired) electrons. The van der Waals surface area contributed by atoms with E-state index in [4.69, 9.17) is 5.26 Å². The number of benzene rings is 3. The van der Waals surface area contributed by atoms with Crippen LogP contribution in [-0.2, 0) is 6.54 Å². The van der Waals surface area contributed by atoms with Crippen molar-refractivity contribution in [2.75, 3.05) is 62.2 Å². The average molecular weight is 599 g/mol. The van der Waals surface area contributed by atoms with Gasteiger partial charge in [0.05, 0.1) is 22.5 Å². The van der Waals surface area contributed by atoms with E-state index in [0.29, 0.717) is 37.3 Å². The number of piperazine rings is 1. The fourth-order valence-electron chi connectivity index (χ4n) is 5.94. The van der Waals surface area contributed by atoms with E-state index in [0.717, 1.165) is 73.7 Å². The average Bonchev–Trinajstić information content (AvgIpc) is 3.29. The van der Waals surface area contributed by atoms with E-state index in [1.54, 1.807) is 15.9 Å². The topological polar surface area (TPSA) is 77.6 Å². The van der Waals surface area contributed by atoms with E-state index >= 15 is 0 Å². The van der Waals surface area contributed by atoms with Crippen LogP contribution in [0.5, 0.6) is 0 Å². The van der Waals surface area contributed by atoms with Gasteiger partial charge in [0.1, 0.15) is 23.8 Å².